The molecule has 0 fully saturated rings. The number of amides is 2. The second kappa shape index (κ2) is 11.4. The van der Waals surface area contributed by atoms with Crippen molar-refractivity contribution < 1.29 is 27.5 Å². The van der Waals surface area contributed by atoms with E-state index >= 15 is 0 Å². The zero-order valence-electron chi connectivity index (χ0n) is 19.9. The fourth-order valence-corrected chi connectivity index (χ4v) is 8.01. The van der Waals surface area contributed by atoms with Gasteiger partial charge in [-0.05, 0) is 49.9 Å². The quantitative estimate of drug-likeness (QED) is 0.284. The van der Waals surface area contributed by atoms with E-state index < -0.39 is 39.1 Å². The molecule has 0 saturated carbocycles. The number of anilines is 1. The Hall–Kier alpha value is -2.61. The van der Waals surface area contributed by atoms with Gasteiger partial charge < -0.3 is 14.6 Å². The second-order valence-electron chi connectivity index (χ2n) is 8.26. The third-order valence-electron chi connectivity index (χ3n) is 5.53. The smallest absolute Gasteiger partial charge is 0.341 e. The minimum Gasteiger partial charge on any atom is -0.462 e. The van der Waals surface area contributed by atoms with Crippen molar-refractivity contribution >= 4 is 81.4 Å². The first kappa shape index (κ1) is 27.4. The molecule has 1 aliphatic rings. The first-order valence-electron chi connectivity index (χ1n) is 11.4. The van der Waals surface area contributed by atoms with Crippen molar-refractivity contribution in [3.8, 4) is 0 Å². The molecule has 13 heteroatoms. The van der Waals surface area contributed by atoms with E-state index in [0.29, 0.717) is 23.3 Å². The Morgan fingerprint density at radius 1 is 1.24 bits per heavy atom. The standard InChI is InChI=1S/C24H24BrN3O6S3/c1-3-10-28-16-9-8-14(25)11-18(16)36-24(28)27-20(30)13-37(32,33)12-19(29)26-22-21(23(31)34-4-2)15-6-5-7-17(15)35-22/h3,8-9,11H,1,4-7,10,12-13H2,2H3,(H,26,29). The summed E-state index contributed by atoms with van der Waals surface area (Å²) in [6.07, 6.45) is 4.05. The zero-order chi connectivity index (χ0) is 26.7. The lowest BCUT2D eigenvalue weighted by molar-refractivity contribution is -0.115. The van der Waals surface area contributed by atoms with Crippen molar-refractivity contribution in [1.29, 1.82) is 0 Å². The fraction of sp³-hybridized carbons (Fsp3) is 0.333. The van der Waals surface area contributed by atoms with Crippen LogP contribution in [0.3, 0.4) is 0 Å². The number of ether oxygens (including phenoxy) is 1. The summed E-state index contributed by atoms with van der Waals surface area (Å²) in [5, 5.41) is 2.83. The van der Waals surface area contributed by atoms with E-state index in [2.05, 4.69) is 32.8 Å². The van der Waals surface area contributed by atoms with E-state index in [1.54, 1.807) is 17.6 Å². The molecule has 0 unspecified atom stereocenters. The van der Waals surface area contributed by atoms with Crippen LogP contribution in [-0.2, 0) is 43.5 Å². The van der Waals surface area contributed by atoms with Crippen LogP contribution in [0.25, 0.3) is 10.2 Å². The summed E-state index contributed by atoms with van der Waals surface area (Å²) in [6, 6.07) is 5.61. The van der Waals surface area contributed by atoms with Crippen molar-refractivity contribution in [3.05, 3.63) is 56.1 Å². The number of benzene rings is 1. The van der Waals surface area contributed by atoms with Crippen LogP contribution in [0.4, 0.5) is 5.00 Å². The van der Waals surface area contributed by atoms with Crippen LogP contribution in [0.15, 0.2) is 40.3 Å². The van der Waals surface area contributed by atoms with Gasteiger partial charge in [-0.25, -0.2) is 13.2 Å². The topological polar surface area (TPSA) is 124 Å². The van der Waals surface area contributed by atoms with E-state index in [1.807, 2.05) is 18.2 Å². The first-order valence-corrected chi connectivity index (χ1v) is 15.7. The van der Waals surface area contributed by atoms with Crippen molar-refractivity contribution in [2.45, 2.75) is 32.7 Å². The molecule has 2 heterocycles. The molecule has 2 aromatic heterocycles. The normalized spacial score (nSPS) is 13.5. The molecule has 1 N–H and O–H groups in total. The molecular formula is C24H24BrN3O6S3. The van der Waals surface area contributed by atoms with Crippen LogP contribution < -0.4 is 10.1 Å². The maximum absolute atomic E-state index is 12.7. The molecule has 0 radical (unpaired) electrons. The summed E-state index contributed by atoms with van der Waals surface area (Å²) in [6.45, 7) is 5.98. The van der Waals surface area contributed by atoms with Crippen LogP contribution in [0.5, 0.6) is 0 Å². The van der Waals surface area contributed by atoms with Crippen LogP contribution in [0.1, 0.15) is 34.1 Å². The molecule has 37 heavy (non-hydrogen) atoms. The molecule has 2 amide bonds. The number of thiophene rings is 1. The van der Waals surface area contributed by atoms with Gasteiger partial charge in [-0.3, -0.25) is 9.59 Å². The Kier molecular flexibility index (Phi) is 8.46. The number of rotatable bonds is 9. The molecule has 1 aromatic carbocycles. The average Bonchev–Trinajstić information content (AvgIpc) is 3.46. The van der Waals surface area contributed by atoms with Gasteiger partial charge in [0, 0.05) is 15.9 Å². The Bertz CT molecular complexity index is 1580. The Balaban J connectivity index is 1.50. The molecule has 1 aliphatic carbocycles. The van der Waals surface area contributed by atoms with Gasteiger partial charge in [-0.15, -0.1) is 17.9 Å². The van der Waals surface area contributed by atoms with Gasteiger partial charge in [-0.1, -0.05) is 33.3 Å². The number of esters is 1. The van der Waals surface area contributed by atoms with Gasteiger partial charge in [-0.2, -0.15) is 4.99 Å². The SMILES string of the molecule is C=CCn1c(=NC(=O)CS(=O)(=O)CC(=O)Nc2sc3c(c2C(=O)OCC)CCC3)sc2cc(Br)ccc21. The Labute approximate surface area is 229 Å². The number of thiazole rings is 1. The number of fused-ring (bicyclic) bond motifs is 2. The fourth-order valence-electron chi connectivity index (χ4n) is 4.09. The number of sulfone groups is 1. The van der Waals surface area contributed by atoms with Crippen LogP contribution in [-0.4, -0.2) is 48.9 Å². The van der Waals surface area contributed by atoms with Crippen molar-refractivity contribution in [3.63, 3.8) is 0 Å². The number of carbonyl (C=O) groups is 3. The predicted molar refractivity (Wildman–Crippen MR) is 148 cm³/mol. The lowest BCUT2D eigenvalue weighted by Gasteiger charge is -2.08. The maximum Gasteiger partial charge on any atom is 0.341 e. The van der Waals surface area contributed by atoms with Gasteiger partial charge >= 0.3 is 5.97 Å². The maximum atomic E-state index is 12.7. The highest BCUT2D eigenvalue weighted by Crippen LogP contribution is 2.39. The van der Waals surface area contributed by atoms with Crippen LogP contribution in [0.2, 0.25) is 0 Å². The van der Waals surface area contributed by atoms with Gasteiger partial charge in [0.1, 0.15) is 16.5 Å². The highest BCUT2D eigenvalue weighted by Gasteiger charge is 2.29. The highest BCUT2D eigenvalue weighted by atomic mass is 79.9. The highest BCUT2D eigenvalue weighted by molar-refractivity contribution is 9.10. The molecule has 9 nitrogen and oxygen atoms in total. The molecule has 196 valence electrons. The lowest BCUT2D eigenvalue weighted by atomic mass is 10.1. The Morgan fingerprint density at radius 2 is 2.03 bits per heavy atom. The molecule has 0 aliphatic heterocycles. The number of allylic oxidation sites excluding steroid dienone is 1. The number of nitrogens with zero attached hydrogens (tertiary/aromatic N) is 2. The van der Waals surface area contributed by atoms with Crippen molar-refractivity contribution in [2.24, 2.45) is 4.99 Å². The summed E-state index contributed by atoms with van der Waals surface area (Å²) < 4.78 is 34.0. The first-order chi connectivity index (χ1) is 17.6. The van der Waals surface area contributed by atoms with Gasteiger partial charge in [0.25, 0.3) is 5.91 Å². The number of aromatic nitrogens is 1. The number of nitrogens with one attached hydrogen (secondary N) is 1. The average molecular weight is 627 g/mol. The molecule has 4 rings (SSSR count). The third kappa shape index (κ3) is 6.28. The molecule has 0 spiro atoms. The molecule has 0 atom stereocenters. The number of hydrogen-bond donors (Lipinski definition) is 1. The van der Waals surface area contributed by atoms with E-state index in [-0.39, 0.29) is 11.6 Å². The van der Waals surface area contributed by atoms with Crippen molar-refractivity contribution in [1.82, 2.24) is 4.57 Å². The van der Waals surface area contributed by atoms with E-state index in [9.17, 15) is 22.8 Å². The molecular weight excluding hydrogens is 602 g/mol. The number of hydrogen-bond acceptors (Lipinski definition) is 8. The summed E-state index contributed by atoms with van der Waals surface area (Å²) >= 11 is 5.92. The predicted octanol–water partition coefficient (Wildman–Crippen LogP) is 3.86. The third-order valence-corrected chi connectivity index (χ3v) is 9.66. The molecule has 0 bridgehead atoms. The largest absolute Gasteiger partial charge is 0.462 e. The molecule has 0 saturated heterocycles. The Morgan fingerprint density at radius 3 is 2.76 bits per heavy atom. The number of halogens is 1. The minimum atomic E-state index is -4.12. The van der Waals surface area contributed by atoms with E-state index in [0.717, 1.165) is 38.0 Å². The second-order valence-corrected chi connectivity index (χ2v) is 13.4. The summed E-state index contributed by atoms with van der Waals surface area (Å²) in [4.78, 5) is 43.0. The van der Waals surface area contributed by atoms with Gasteiger partial charge in [0.2, 0.25) is 5.91 Å². The minimum absolute atomic E-state index is 0.181. The summed E-state index contributed by atoms with van der Waals surface area (Å²) in [7, 11) is -4.12. The van der Waals surface area contributed by atoms with Crippen LogP contribution in [0, 0.1) is 0 Å². The van der Waals surface area contributed by atoms with E-state index in [1.165, 1.54) is 22.7 Å². The van der Waals surface area contributed by atoms with Gasteiger partial charge in [0.05, 0.1) is 22.4 Å². The summed E-state index contributed by atoms with van der Waals surface area (Å²) in [5.74, 6) is -4.08. The lowest BCUT2D eigenvalue weighted by Crippen LogP contribution is -2.28. The van der Waals surface area contributed by atoms with Gasteiger partial charge in [0.15, 0.2) is 14.6 Å². The summed E-state index contributed by atoms with van der Waals surface area (Å²) in [5.41, 5.74) is 1.97. The number of carbonyl (C=O) groups excluding carboxylic acids is 3. The van der Waals surface area contributed by atoms with Crippen molar-refractivity contribution in [2.75, 3.05) is 23.4 Å². The zero-order valence-corrected chi connectivity index (χ0v) is 23.9. The van der Waals surface area contributed by atoms with Crippen LogP contribution >= 0.6 is 38.6 Å². The molecule has 3 aromatic rings. The number of aryl methyl sites for hydroxylation is 1. The monoisotopic (exact) mass is 625 g/mol. The van der Waals surface area contributed by atoms with E-state index in [4.69, 9.17) is 4.74 Å².